The first-order chi connectivity index (χ1) is 11.1. The lowest BCUT2D eigenvalue weighted by molar-refractivity contribution is -0.122. The lowest BCUT2D eigenvalue weighted by Crippen LogP contribution is -2.30. The van der Waals surface area contributed by atoms with E-state index in [0.29, 0.717) is 10.8 Å². The minimum absolute atomic E-state index is 0.208. The minimum Gasteiger partial charge on any atom is -0.481 e. The van der Waals surface area contributed by atoms with Gasteiger partial charge in [-0.15, -0.1) is 0 Å². The monoisotopic (exact) mass is 325 g/mol. The summed E-state index contributed by atoms with van der Waals surface area (Å²) in [6, 6.07) is 20.8. The molecule has 3 aromatic carbocycles. The van der Waals surface area contributed by atoms with Crippen LogP contribution in [0, 0.1) is 0 Å². The second kappa shape index (κ2) is 6.71. The van der Waals surface area contributed by atoms with Crippen LogP contribution < -0.4 is 10.1 Å². The molecule has 0 radical (unpaired) electrons. The van der Waals surface area contributed by atoms with Crippen molar-refractivity contribution in [1.82, 2.24) is 0 Å². The summed E-state index contributed by atoms with van der Waals surface area (Å²) in [5.74, 6) is 0.360. The predicted octanol–water partition coefficient (Wildman–Crippen LogP) is 4.90. The number of rotatable bonds is 4. The predicted molar refractivity (Wildman–Crippen MR) is 94.1 cm³/mol. The maximum Gasteiger partial charge on any atom is 0.265 e. The van der Waals surface area contributed by atoms with Crippen LogP contribution in [0.3, 0.4) is 0 Å². The first-order valence-electron chi connectivity index (χ1n) is 7.34. The number of halogens is 1. The molecular weight excluding hydrogens is 310 g/mol. The molecule has 3 aromatic rings. The lowest BCUT2D eigenvalue weighted by Gasteiger charge is -2.15. The Bertz CT molecular complexity index is 847. The van der Waals surface area contributed by atoms with Gasteiger partial charge in [-0.3, -0.25) is 4.79 Å². The Morgan fingerprint density at radius 3 is 2.57 bits per heavy atom. The zero-order chi connectivity index (χ0) is 16.2. The van der Waals surface area contributed by atoms with Gasteiger partial charge in [0.2, 0.25) is 0 Å². The van der Waals surface area contributed by atoms with E-state index in [1.807, 2.05) is 42.5 Å². The second-order valence-electron chi connectivity index (χ2n) is 5.27. The van der Waals surface area contributed by atoms with E-state index in [9.17, 15) is 4.79 Å². The number of carbonyl (C=O) groups excluding carboxylic acids is 1. The Labute approximate surface area is 139 Å². The summed E-state index contributed by atoms with van der Waals surface area (Å²) in [5, 5.41) is 5.66. The van der Waals surface area contributed by atoms with Crippen molar-refractivity contribution in [3.05, 3.63) is 71.8 Å². The molecule has 0 aliphatic heterocycles. The Morgan fingerprint density at radius 2 is 1.78 bits per heavy atom. The summed E-state index contributed by atoms with van der Waals surface area (Å²) < 4.78 is 5.62. The van der Waals surface area contributed by atoms with Crippen molar-refractivity contribution in [2.75, 3.05) is 5.32 Å². The van der Waals surface area contributed by atoms with Gasteiger partial charge in [0.25, 0.3) is 5.91 Å². The molecule has 3 nitrogen and oxygen atoms in total. The van der Waals surface area contributed by atoms with Gasteiger partial charge in [0.05, 0.1) is 0 Å². The summed E-state index contributed by atoms with van der Waals surface area (Å²) >= 11 is 5.91. The fraction of sp³-hybridized carbons (Fsp3) is 0.105. The van der Waals surface area contributed by atoms with Crippen LogP contribution in [0.15, 0.2) is 66.7 Å². The number of carbonyl (C=O) groups is 1. The fourth-order valence-electron chi connectivity index (χ4n) is 2.31. The number of anilines is 1. The van der Waals surface area contributed by atoms with E-state index < -0.39 is 6.10 Å². The Balaban J connectivity index is 1.69. The van der Waals surface area contributed by atoms with Crippen LogP contribution in [0.4, 0.5) is 5.69 Å². The molecule has 0 spiro atoms. The SMILES string of the molecule is C[C@H](Oc1cccc(Cl)c1)C(=O)Nc1ccc2ccccc2c1. The Hall–Kier alpha value is -2.52. The summed E-state index contributed by atoms with van der Waals surface area (Å²) in [7, 11) is 0. The Kier molecular flexibility index (Phi) is 4.49. The van der Waals surface area contributed by atoms with Gasteiger partial charge in [-0.25, -0.2) is 0 Å². The maximum absolute atomic E-state index is 12.3. The van der Waals surface area contributed by atoms with Gasteiger partial charge in [-0.05, 0) is 48.0 Å². The highest BCUT2D eigenvalue weighted by molar-refractivity contribution is 6.30. The lowest BCUT2D eigenvalue weighted by atomic mass is 10.1. The molecule has 0 aliphatic rings. The molecule has 1 atom stereocenters. The van der Waals surface area contributed by atoms with Crippen molar-refractivity contribution in [3.63, 3.8) is 0 Å². The average molecular weight is 326 g/mol. The fourth-order valence-corrected chi connectivity index (χ4v) is 2.49. The van der Waals surface area contributed by atoms with Gasteiger partial charge in [0.1, 0.15) is 5.75 Å². The van der Waals surface area contributed by atoms with Gasteiger partial charge in [-0.2, -0.15) is 0 Å². The standard InChI is InChI=1S/C19H16ClNO2/c1-13(23-18-8-4-7-16(20)12-18)19(22)21-17-10-9-14-5-2-3-6-15(14)11-17/h2-13H,1H3,(H,21,22)/t13-/m0/s1. The molecule has 4 heteroatoms. The molecule has 3 rings (SSSR count). The Morgan fingerprint density at radius 1 is 1.00 bits per heavy atom. The highest BCUT2D eigenvalue weighted by atomic mass is 35.5. The van der Waals surface area contributed by atoms with Gasteiger partial charge >= 0.3 is 0 Å². The molecule has 0 unspecified atom stereocenters. The van der Waals surface area contributed by atoms with E-state index in [0.717, 1.165) is 16.5 Å². The first-order valence-corrected chi connectivity index (χ1v) is 7.71. The highest BCUT2D eigenvalue weighted by Gasteiger charge is 2.15. The number of hydrogen-bond acceptors (Lipinski definition) is 2. The van der Waals surface area contributed by atoms with Crippen molar-refractivity contribution in [1.29, 1.82) is 0 Å². The second-order valence-corrected chi connectivity index (χ2v) is 5.71. The number of benzene rings is 3. The molecule has 0 aromatic heterocycles. The highest BCUT2D eigenvalue weighted by Crippen LogP contribution is 2.21. The summed E-state index contributed by atoms with van der Waals surface area (Å²) in [4.78, 5) is 12.3. The van der Waals surface area contributed by atoms with Crippen molar-refractivity contribution in [2.24, 2.45) is 0 Å². The van der Waals surface area contributed by atoms with Crippen LogP contribution in [-0.4, -0.2) is 12.0 Å². The van der Waals surface area contributed by atoms with Crippen molar-refractivity contribution >= 4 is 34.0 Å². The van der Waals surface area contributed by atoms with E-state index in [2.05, 4.69) is 5.32 Å². The molecule has 0 saturated carbocycles. The van der Waals surface area contributed by atoms with E-state index in [4.69, 9.17) is 16.3 Å². The third-order valence-corrected chi connectivity index (χ3v) is 3.73. The van der Waals surface area contributed by atoms with Crippen molar-refractivity contribution < 1.29 is 9.53 Å². The van der Waals surface area contributed by atoms with Crippen LogP contribution in [0.2, 0.25) is 5.02 Å². The third-order valence-electron chi connectivity index (χ3n) is 3.50. The van der Waals surface area contributed by atoms with Gasteiger partial charge < -0.3 is 10.1 Å². The quantitative estimate of drug-likeness (QED) is 0.741. The van der Waals surface area contributed by atoms with Crippen molar-refractivity contribution in [2.45, 2.75) is 13.0 Å². The molecule has 0 fully saturated rings. The number of nitrogens with one attached hydrogen (secondary N) is 1. The molecular formula is C19H16ClNO2. The molecule has 0 saturated heterocycles. The number of fused-ring (bicyclic) bond motifs is 1. The number of ether oxygens (including phenoxy) is 1. The molecule has 116 valence electrons. The summed E-state index contributed by atoms with van der Waals surface area (Å²) in [5.41, 5.74) is 0.746. The minimum atomic E-state index is -0.625. The van der Waals surface area contributed by atoms with Gasteiger partial charge in [0, 0.05) is 10.7 Å². The first kappa shape index (κ1) is 15.4. The van der Waals surface area contributed by atoms with E-state index in [1.54, 1.807) is 31.2 Å². The number of hydrogen-bond donors (Lipinski definition) is 1. The normalized spacial score (nSPS) is 11.9. The number of amides is 1. The molecule has 1 N–H and O–H groups in total. The van der Waals surface area contributed by atoms with Crippen LogP contribution in [-0.2, 0) is 4.79 Å². The van der Waals surface area contributed by atoms with Gasteiger partial charge in [0.15, 0.2) is 6.10 Å². The van der Waals surface area contributed by atoms with Crippen LogP contribution in [0.1, 0.15) is 6.92 Å². The van der Waals surface area contributed by atoms with Crippen LogP contribution in [0.5, 0.6) is 5.75 Å². The molecule has 1 amide bonds. The van der Waals surface area contributed by atoms with Crippen LogP contribution >= 0.6 is 11.6 Å². The smallest absolute Gasteiger partial charge is 0.265 e. The molecule has 23 heavy (non-hydrogen) atoms. The zero-order valence-corrected chi connectivity index (χ0v) is 13.4. The average Bonchev–Trinajstić information content (AvgIpc) is 2.54. The topological polar surface area (TPSA) is 38.3 Å². The van der Waals surface area contributed by atoms with E-state index in [-0.39, 0.29) is 5.91 Å². The molecule has 0 heterocycles. The van der Waals surface area contributed by atoms with Gasteiger partial charge in [-0.1, -0.05) is 48.0 Å². The van der Waals surface area contributed by atoms with E-state index in [1.165, 1.54) is 0 Å². The summed E-state index contributed by atoms with van der Waals surface area (Å²) in [6.07, 6.45) is -0.625. The maximum atomic E-state index is 12.3. The van der Waals surface area contributed by atoms with Crippen molar-refractivity contribution in [3.8, 4) is 5.75 Å². The molecule has 0 aliphatic carbocycles. The zero-order valence-electron chi connectivity index (χ0n) is 12.6. The third kappa shape index (κ3) is 3.82. The van der Waals surface area contributed by atoms with E-state index >= 15 is 0 Å². The van der Waals surface area contributed by atoms with Crippen LogP contribution in [0.25, 0.3) is 10.8 Å². The summed E-state index contributed by atoms with van der Waals surface area (Å²) in [6.45, 7) is 1.71. The largest absolute Gasteiger partial charge is 0.481 e. The molecule has 0 bridgehead atoms.